The van der Waals surface area contributed by atoms with Gasteiger partial charge in [-0.2, -0.15) is 11.8 Å². The van der Waals surface area contributed by atoms with E-state index in [1.807, 2.05) is 18.4 Å². The number of nitrogens with one attached hydrogen (secondary N) is 1. The molecule has 1 N–H and O–H groups in total. The van der Waals surface area contributed by atoms with E-state index in [-0.39, 0.29) is 64.4 Å². The molecule has 1 fully saturated rings. The zero-order valence-corrected chi connectivity index (χ0v) is 16.5. The molecule has 1 saturated heterocycles. The van der Waals surface area contributed by atoms with Crippen LogP contribution in [0.5, 0.6) is 0 Å². The Labute approximate surface area is 175 Å². The van der Waals surface area contributed by atoms with E-state index in [1.165, 1.54) is 0 Å². The Morgan fingerprint density at radius 2 is 2.23 bits per heavy atom. The Hall–Kier alpha value is -0.124. The molecule has 8 heteroatoms. The van der Waals surface area contributed by atoms with Gasteiger partial charge < -0.3 is 20.1 Å². The maximum Gasteiger partial charge on any atom is 1.00 e. The van der Waals surface area contributed by atoms with E-state index in [1.54, 1.807) is 23.9 Å². The molecule has 2 rings (SSSR count). The molecule has 0 spiro atoms. The minimum Gasteiger partial charge on any atom is -0.548 e. The van der Waals surface area contributed by atoms with Crippen LogP contribution in [0.1, 0.15) is 12.0 Å². The van der Waals surface area contributed by atoms with E-state index in [2.05, 4.69) is 5.32 Å². The first kappa shape index (κ1) is 19.9. The number of thioether (sulfide) groups is 1. The summed E-state index contributed by atoms with van der Waals surface area (Å²) in [6, 6.07) is 5.42. The third-order valence-corrected chi connectivity index (χ3v) is 3.89. The molecule has 114 valence electrons. The fourth-order valence-electron chi connectivity index (χ4n) is 2.33. The molecule has 2 amide bonds. The smallest absolute Gasteiger partial charge is 0.548 e. The minimum atomic E-state index is -1.43. The zero-order valence-electron chi connectivity index (χ0n) is 12.5. The van der Waals surface area contributed by atoms with Gasteiger partial charge in [0.25, 0.3) is 0 Å². The van der Waals surface area contributed by atoms with Crippen LogP contribution < -0.4 is 61.8 Å². The fourth-order valence-corrected chi connectivity index (χ4v) is 2.85. The largest absolute Gasteiger partial charge is 1.00 e. The molecule has 0 unspecified atom stereocenters. The molecule has 1 aromatic rings. The number of carboxylic acid groups (broad SMARTS) is 1. The average molecular weight is 350 g/mol. The molecule has 0 aliphatic carbocycles. The van der Waals surface area contributed by atoms with Gasteiger partial charge in [-0.3, -0.25) is 0 Å². The second-order valence-corrected chi connectivity index (χ2v) is 5.75. The van der Waals surface area contributed by atoms with Gasteiger partial charge in [0.2, 0.25) is 0 Å². The van der Waals surface area contributed by atoms with E-state index in [4.69, 9.17) is 0 Å². The van der Waals surface area contributed by atoms with Gasteiger partial charge >= 0.3 is 57.4 Å². The molecule has 0 bridgehead atoms. The van der Waals surface area contributed by atoms with Crippen LogP contribution in [0.4, 0.5) is 14.9 Å². The second kappa shape index (κ2) is 9.24. The maximum absolute atomic E-state index is 13.3. The number of carboxylic acids is 1. The quantitative estimate of drug-likeness (QED) is 0.654. The molecule has 0 saturated carbocycles. The predicted octanol–water partition coefficient (Wildman–Crippen LogP) is -1.75. The van der Waals surface area contributed by atoms with Crippen molar-refractivity contribution < 1.29 is 70.5 Å². The van der Waals surface area contributed by atoms with Crippen LogP contribution >= 0.6 is 11.8 Å². The summed E-state index contributed by atoms with van der Waals surface area (Å²) in [6.45, 7) is -0.227. The molecule has 1 aliphatic heterocycles. The Morgan fingerprint density at radius 1 is 1.50 bits per heavy atom. The van der Waals surface area contributed by atoms with Gasteiger partial charge in [-0.25, -0.2) is 9.18 Å². The third-order valence-electron chi connectivity index (χ3n) is 3.27. The SMILES string of the molecule is CSCc1cccc(NC(=O)N2C[C@@H](F)C[C@H]2C(=O)[O-])c1.[K+]. The standard InChI is InChI=1S/C14H17FN2O3S.K/c1-21-8-9-3-2-4-11(5-9)16-14(20)17-7-10(15)6-12(17)13(18)19;/h2-5,10,12H,6-8H2,1H3,(H,16,20)(H,18,19);/q;+1/p-1/t10-,12-;/m0./s1. The fraction of sp³-hybridized carbons (Fsp3) is 0.429. The van der Waals surface area contributed by atoms with Gasteiger partial charge in [-0.15, -0.1) is 0 Å². The van der Waals surface area contributed by atoms with Crippen molar-refractivity contribution in [3.05, 3.63) is 29.8 Å². The van der Waals surface area contributed by atoms with Crippen molar-refractivity contribution in [3.63, 3.8) is 0 Å². The number of alkyl halides is 1. The van der Waals surface area contributed by atoms with E-state index in [0.717, 1.165) is 16.2 Å². The summed E-state index contributed by atoms with van der Waals surface area (Å²) in [5.74, 6) is -0.622. The molecule has 1 aromatic carbocycles. The predicted molar refractivity (Wildman–Crippen MR) is 77.7 cm³/mol. The Bertz CT molecular complexity index is 547. The topological polar surface area (TPSA) is 72.5 Å². The summed E-state index contributed by atoms with van der Waals surface area (Å²) in [4.78, 5) is 24.0. The number of halogens is 1. The van der Waals surface area contributed by atoms with E-state index in [9.17, 15) is 19.1 Å². The van der Waals surface area contributed by atoms with Crippen LogP contribution in [-0.2, 0) is 10.5 Å². The van der Waals surface area contributed by atoms with Crippen molar-refractivity contribution in [2.24, 2.45) is 0 Å². The van der Waals surface area contributed by atoms with Crippen molar-refractivity contribution >= 4 is 29.4 Å². The minimum absolute atomic E-state index is 0. The van der Waals surface area contributed by atoms with E-state index >= 15 is 0 Å². The number of likely N-dealkylation sites (tertiary alicyclic amines) is 1. The summed E-state index contributed by atoms with van der Waals surface area (Å²) in [5.41, 5.74) is 1.60. The number of anilines is 1. The number of hydrogen-bond donors (Lipinski definition) is 1. The van der Waals surface area contributed by atoms with Crippen LogP contribution in [0.25, 0.3) is 0 Å². The molecule has 0 radical (unpaired) electrons. The molecule has 1 aliphatic rings. The maximum atomic E-state index is 13.3. The van der Waals surface area contributed by atoms with Gasteiger partial charge in [0.1, 0.15) is 6.17 Å². The van der Waals surface area contributed by atoms with Crippen molar-refractivity contribution in [1.29, 1.82) is 0 Å². The summed E-state index contributed by atoms with van der Waals surface area (Å²) in [6.07, 6.45) is 0.422. The van der Waals surface area contributed by atoms with Crippen molar-refractivity contribution in [1.82, 2.24) is 4.90 Å². The third kappa shape index (κ3) is 5.21. The van der Waals surface area contributed by atoms with Crippen LogP contribution in [0.15, 0.2) is 24.3 Å². The normalized spacial score (nSPS) is 20.4. The van der Waals surface area contributed by atoms with Crippen LogP contribution in [0, 0.1) is 0 Å². The van der Waals surface area contributed by atoms with Crippen molar-refractivity contribution in [3.8, 4) is 0 Å². The van der Waals surface area contributed by atoms with Gasteiger partial charge in [-0.05, 0) is 24.0 Å². The molecule has 5 nitrogen and oxygen atoms in total. The summed E-state index contributed by atoms with van der Waals surface area (Å²) >= 11 is 1.65. The number of nitrogens with zero attached hydrogens (tertiary/aromatic N) is 1. The molecule has 22 heavy (non-hydrogen) atoms. The van der Waals surface area contributed by atoms with Crippen molar-refractivity contribution in [2.45, 2.75) is 24.4 Å². The average Bonchev–Trinajstić information content (AvgIpc) is 2.82. The first-order chi connectivity index (χ1) is 10.0. The first-order valence-corrected chi connectivity index (χ1v) is 7.91. The Kier molecular flexibility index (Phi) is 8.37. The van der Waals surface area contributed by atoms with Gasteiger partial charge in [0.15, 0.2) is 0 Å². The second-order valence-electron chi connectivity index (χ2n) is 4.88. The number of carbonyl (C=O) groups excluding carboxylic acids is 2. The van der Waals surface area contributed by atoms with Gasteiger partial charge in [-0.1, -0.05) is 12.1 Å². The van der Waals surface area contributed by atoms with E-state index in [0.29, 0.717) is 5.69 Å². The first-order valence-electron chi connectivity index (χ1n) is 6.51. The molecule has 2 atom stereocenters. The summed E-state index contributed by atoms with van der Waals surface area (Å²) in [5, 5.41) is 13.6. The molecular formula is C14H16FKN2O3S. The summed E-state index contributed by atoms with van der Waals surface area (Å²) in [7, 11) is 0. The van der Waals surface area contributed by atoms with Gasteiger partial charge in [0, 0.05) is 17.9 Å². The van der Waals surface area contributed by atoms with E-state index < -0.39 is 24.2 Å². The Morgan fingerprint density at radius 3 is 2.86 bits per heavy atom. The number of benzene rings is 1. The number of hydrogen-bond acceptors (Lipinski definition) is 4. The zero-order chi connectivity index (χ0) is 15.4. The molecular weight excluding hydrogens is 334 g/mol. The van der Waals surface area contributed by atoms with Crippen LogP contribution in [0.2, 0.25) is 0 Å². The number of urea groups is 1. The number of rotatable bonds is 4. The summed E-state index contributed by atoms with van der Waals surface area (Å²) < 4.78 is 13.3. The number of carbonyl (C=O) groups is 2. The number of amides is 2. The molecule has 1 heterocycles. The van der Waals surface area contributed by atoms with Gasteiger partial charge in [0.05, 0.1) is 18.6 Å². The Balaban J connectivity index is 0.00000242. The molecule has 0 aromatic heterocycles. The van der Waals surface area contributed by atoms with Crippen LogP contribution in [0.3, 0.4) is 0 Å². The van der Waals surface area contributed by atoms with Crippen LogP contribution in [-0.4, -0.2) is 41.9 Å². The monoisotopic (exact) mass is 350 g/mol. The van der Waals surface area contributed by atoms with Crippen molar-refractivity contribution in [2.75, 3.05) is 18.1 Å². The number of aliphatic carboxylic acids is 1.